The monoisotopic (exact) mass is 362 g/mol. The van der Waals surface area contributed by atoms with E-state index in [2.05, 4.69) is 46.5 Å². The molecule has 2 aromatic rings. The van der Waals surface area contributed by atoms with E-state index < -0.39 is 0 Å². The number of hydrogen-bond donors (Lipinski definition) is 2. The van der Waals surface area contributed by atoms with Crippen LogP contribution in [0.15, 0.2) is 10.6 Å². The van der Waals surface area contributed by atoms with Gasteiger partial charge >= 0.3 is 6.03 Å². The molecule has 1 atom stereocenters. The van der Waals surface area contributed by atoms with Gasteiger partial charge in [-0.05, 0) is 12.8 Å². The zero-order valence-electron chi connectivity index (χ0n) is 15.7. The Labute approximate surface area is 152 Å². The molecule has 0 saturated carbocycles. The standard InChI is InChI=1S/C17H26N6O3/c1-17(2,3)12-8-18-14(26-12)9-19-16(24)20-11-6-5-7-23-15(11)21-13(22-23)10-25-4/h8,11H,5-7,9-10H2,1-4H3,(H2,19,20,24). The summed E-state index contributed by atoms with van der Waals surface area (Å²) in [5.41, 5.74) is -0.112. The fraction of sp³-hybridized carbons (Fsp3) is 0.647. The third-order valence-corrected chi connectivity index (χ3v) is 4.19. The van der Waals surface area contributed by atoms with Crippen molar-refractivity contribution in [3.8, 4) is 0 Å². The molecule has 0 saturated heterocycles. The molecule has 142 valence electrons. The number of methoxy groups -OCH3 is 1. The van der Waals surface area contributed by atoms with Gasteiger partial charge in [0.1, 0.15) is 18.2 Å². The van der Waals surface area contributed by atoms with Crippen LogP contribution in [0.3, 0.4) is 0 Å². The summed E-state index contributed by atoms with van der Waals surface area (Å²) in [4.78, 5) is 20.9. The second kappa shape index (κ2) is 7.45. The number of nitrogens with zero attached hydrogens (tertiary/aromatic N) is 4. The number of fused-ring (bicyclic) bond motifs is 1. The summed E-state index contributed by atoms with van der Waals surface area (Å²) < 4.78 is 12.6. The first-order valence-electron chi connectivity index (χ1n) is 8.79. The minimum absolute atomic E-state index is 0.112. The zero-order chi connectivity index (χ0) is 18.7. The maximum absolute atomic E-state index is 12.3. The number of aromatic nitrogens is 4. The molecule has 26 heavy (non-hydrogen) atoms. The van der Waals surface area contributed by atoms with Crippen molar-refractivity contribution in [2.75, 3.05) is 7.11 Å². The van der Waals surface area contributed by atoms with Gasteiger partial charge in [-0.25, -0.2) is 19.4 Å². The van der Waals surface area contributed by atoms with Crippen LogP contribution in [0.25, 0.3) is 0 Å². The molecule has 9 nitrogen and oxygen atoms in total. The molecule has 0 bridgehead atoms. The topological polar surface area (TPSA) is 107 Å². The molecular weight excluding hydrogens is 336 g/mol. The maximum atomic E-state index is 12.3. The number of aryl methyl sites for hydroxylation is 1. The van der Waals surface area contributed by atoms with Crippen molar-refractivity contribution >= 4 is 6.03 Å². The highest BCUT2D eigenvalue weighted by Gasteiger charge is 2.26. The van der Waals surface area contributed by atoms with Gasteiger partial charge in [-0.2, -0.15) is 5.10 Å². The Morgan fingerprint density at radius 1 is 1.46 bits per heavy atom. The lowest BCUT2D eigenvalue weighted by Gasteiger charge is -2.23. The van der Waals surface area contributed by atoms with E-state index >= 15 is 0 Å². The second-order valence-corrected chi connectivity index (χ2v) is 7.43. The molecule has 0 aliphatic carbocycles. The van der Waals surface area contributed by atoms with Crippen molar-refractivity contribution in [2.24, 2.45) is 0 Å². The largest absolute Gasteiger partial charge is 0.443 e. The third-order valence-electron chi connectivity index (χ3n) is 4.19. The maximum Gasteiger partial charge on any atom is 0.315 e. The first-order chi connectivity index (χ1) is 12.4. The summed E-state index contributed by atoms with van der Waals surface area (Å²) >= 11 is 0. The van der Waals surface area contributed by atoms with Crippen molar-refractivity contribution in [1.82, 2.24) is 30.4 Å². The van der Waals surface area contributed by atoms with Crippen LogP contribution in [0, 0.1) is 0 Å². The number of oxazole rings is 1. The minimum Gasteiger partial charge on any atom is -0.443 e. The SMILES string of the molecule is COCc1nc2n(n1)CCCC2NC(=O)NCc1ncc(C(C)(C)C)o1. The Morgan fingerprint density at radius 2 is 2.27 bits per heavy atom. The van der Waals surface area contributed by atoms with E-state index in [-0.39, 0.29) is 24.0 Å². The van der Waals surface area contributed by atoms with Crippen molar-refractivity contribution in [3.63, 3.8) is 0 Å². The molecule has 0 spiro atoms. The predicted octanol–water partition coefficient (Wildman–Crippen LogP) is 2.04. The van der Waals surface area contributed by atoms with Crippen molar-refractivity contribution in [1.29, 1.82) is 0 Å². The molecule has 0 aromatic carbocycles. The average Bonchev–Trinajstić information content (AvgIpc) is 3.20. The van der Waals surface area contributed by atoms with Gasteiger partial charge in [0.05, 0.1) is 18.8 Å². The Kier molecular flexibility index (Phi) is 5.26. The van der Waals surface area contributed by atoms with E-state index in [9.17, 15) is 4.79 Å². The summed E-state index contributed by atoms with van der Waals surface area (Å²) in [7, 11) is 1.61. The highest BCUT2D eigenvalue weighted by Crippen LogP contribution is 2.24. The van der Waals surface area contributed by atoms with Crippen molar-refractivity contribution in [3.05, 3.63) is 29.5 Å². The van der Waals surface area contributed by atoms with E-state index in [1.54, 1.807) is 13.3 Å². The van der Waals surface area contributed by atoms with E-state index in [1.807, 2.05) is 4.68 Å². The average molecular weight is 362 g/mol. The highest BCUT2D eigenvalue weighted by atomic mass is 16.5. The summed E-state index contributed by atoms with van der Waals surface area (Å²) in [5.74, 6) is 2.68. The van der Waals surface area contributed by atoms with Crippen molar-refractivity contribution in [2.45, 2.75) is 64.8 Å². The van der Waals surface area contributed by atoms with Crippen LogP contribution in [0.4, 0.5) is 4.79 Å². The summed E-state index contributed by atoms with van der Waals surface area (Å²) in [6.07, 6.45) is 3.46. The van der Waals surface area contributed by atoms with Gasteiger partial charge in [-0.1, -0.05) is 20.8 Å². The molecule has 2 amide bonds. The third kappa shape index (κ3) is 4.21. The molecule has 0 radical (unpaired) electrons. The molecule has 3 heterocycles. The molecule has 0 fully saturated rings. The summed E-state index contributed by atoms with van der Waals surface area (Å²) in [6, 6.07) is -0.452. The minimum atomic E-state index is -0.282. The molecular formula is C17H26N6O3. The normalized spacial score (nSPS) is 17.0. The quantitative estimate of drug-likeness (QED) is 0.843. The lowest BCUT2D eigenvalue weighted by atomic mass is 9.94. The van der Waals surface area contributed by atoms with E-state index in [0.29, 0.717) is 18.3 Å². The number of urea groups is 1. The zero-order valence-corrected chi connectivity index (χ0v) is 15.7. The van der Waals surface area contributed by atoms with Crippen LogP contribution in [0.2, 0.25) is 0 Å². The van der Waals surface area contributed by atoms with Crippen molar-refractivity contribution < 1.29 is 13.9 Å². The molecule has 2 N–H and O–H groups in total. The van der Waals surface area contributed by atoms with Crippen LogP contribution in [-0.4, -0.2) is 32.9 Å². The number of carbonyl (C=O) groups excluding carboxylic acids is 1. The molecule has 2 aromatic heterocycles. The Bertz CT molecular complexity index is 761. The van der Waals surface area contributed by atoms with Crippen LogP contribution in [-0.2, 0) is 29.8 Å². The van der Waals surface area contributed by atoms with Gasteiger partial charge in [-0.15, -0.1) is 0 Å². The lowest BCUT2D eigenvalue weighted by Crippen LogP contribution is -2.40. The Morgan fingerprint density at radius 3 is 2.96 bits per heavy atom. The molecule has 1 aliphatic rings. The van der Waals surface area contributed by atoms with Gasteiger partial charge in [0.25, 0.3) is 0 Å². The van der Waals surface area contributed by atoms with Gasteiger partial charge in [0, 0.05) is 19.1 Å². The molecule has 9 heteroatoms. The molecule has 3 rings (SSSR count). The van der Waals surface area contributed by atoms with Gasteiger partial charge in [-0.3, -0.25) is 0 Å². The first kappa shape index (κ1) is 18.4. The van der Waals surface area contributed by atoms with Crippen LogP contribution in [0.5, 0.6) is 0 Å². The second-order valence-electron chi connectivity index (χ2n) is 7.43. The fourth-order valence-corrected chi connectivity index (χ4v) is 2.83. The summed E-state index contributed by atoms with van der Waals surface area (Å²) in [6.45, 7) is 7.55. The smallest absolute Gasteiger partial charge is 0.315 e. The van der Waals surface area contributed by atoms with E-state index in [4.69, 9.17) is 9.15 Å². The van der Waals surface area contributed by atoms with Gasteiger partial charge in [0.15, 0.2) is 5.82 Å². The highest BCUT2D eigenvalue weighted by molar-refractivity contribution is 5.74. The number of amides is 2. The number of hydrogen-bond acceptors (Lipinski definition) is 6. The first-order valence-corrected chi connectivity index (χ1v) is 8.79. The van der Waals surface area contributed by atoms with Crippen LogP contribution in [0.1, 0.15) is 63.0 Å². The Balaban J connectivity index is 1.57. The van der Waals surface area contributed by atoms with Gasteiger partial charge in [0.2, 0.25) is 5.89 Å². The number of nitrogens with one attached hydrogen (secondary N) is 2. The van der Waals surface area contributed by atoms with E-state index in [0.717, 1.165) is 31.0 Å². The summed E-state index contributed by atoms with van der Waals surface area (Å²) in [5, 5.41) is 10.1. The van der Waals surface area contributed by atoms with Crippen LogP contribution >= 0.6 is 0 Å². The van der Waals surface area contributed by atoms with Crippen LogP contribution < -0.4 is 10.6 Å². The van der Waals surface area contributed by atoms with Gasteiger partial charge < -0.3 is 19.8 Å². The molecule has 1 aliphatic heterocycles. The number of ether oxygens (including phenoxy) is 1. The predicted molar refractivity (Wildman–Crippen MR) is 93.3 cm³/mol. The van der Waals surface area contributed by atoms with E-state index in [1.165, 1.54) is 0 Å². The lowest BCUT2D eigenvalue weighted by molar-refractivity contribution is 0.177. The fourth-order valence-electron chi connectivity index (χ4n) is 2.83. The molecule has 1 unspecified atom stereocenters. The number of rotatable bonds is 5. The number of carbonyl (C=O) groups is 1. The Hall–Kier alpha value is -2.42.